The van der Waals surface area contributed by atoms with Crippen LogP contribution in [0.25, 0.3) is 0 Å². The first-order chi connectivity index (χ1) is 9.40. The van der Waals surface area contributed by atoms with Gasteiger partial charge in [-0.1, -0.05) is 29.8 Å². The van der Waals surface area contributed by atoms with Crippen LogP contribution >= 0.6 is 31.9 Å². The standard InChI is InChI=1S/C14H15Br2N3O/c1-7(2)12-11(16)13(19-18-12)14(20)17-10-5-4-9(15)6-8(10)3/h4-7H,1-3H3,(H,17,20)(H,18,19). The molecular formula is C14H15Br2N3O. The van der Waals surface area contributed by atoms with Crippen molar-refractivity contribution in [3.8, 4) is 0 Å². The molecule has 0 aliphatic heterocycles. The Balaban J connectivity index is 2.24. The molecule has 1 amide bonds. The number of amides is 1. The van der Waals surface area contributed by atoms with Crippen molar-refractivity contribution in [2.75, 3.05) is 5.32 Å². The summed E-state index contributed by atoms with van der Waals surface area (Å²) in [6.07, 6.45) is 0. The Morgan fingerprint density at radius 1 is 1.35 bits per heavy atom. The third-order valence-corrected chi connectivity index (χ3v) is 4.26. The van der Waals surface area contributed by atoms with Gasteiger partial charge in [0, 0.05) is 10.2 Å². The van der Waals surface area contributed by atoms with Gasteiger partial charge < -0.3 is 5.32 Å². The number of rotatable bonds is 3. The third-order valence-electron chi connectivity index (χ3n) is 2.96. The summed E-state index contributed by atoms with van der Waals surface area (Å²) in [4.78, 5) is 12.3. The number of anilines is 1. The van der Waals surface area contributed by atoms with Crippen LogP contribution in [-0.2, 0) is 0 Å². The van der Waals surface area contributed by atoms with Gasteiger partial charge in [-0.25, -0.2) is 0 Å². The van der Waals surface area contributed by atoms with E-state index in [1.54, 1.807) is 0 Å². The highest BCUT2D eigenvalue weighted by atomic mass is 79.9. The van der Waals surface area contributed by atoms with E-state index in [0.29, 0.717) is 5.69 Å². The van der Waals surface area contributed by atoms with Gasteiger partial charge in [-0.3, -0.25) is 9.89 Å². The van der Waals surface area contributed by atoms with E-state index in [2.05, 4.69) is 47.4 Å². The van der Waals surface area contributed by atoms with Crippen LogP contribution in [0.3, 0.4) is 0 Å². The molecule has 106 valence electrons. The van der Waals surface area contributed by atoms with Crippen molar-refractivity contribution in [1.29, 1.82) is 0 Å². The number of carbonyl (C=O) groups excluding carboxylic acids is 1. The number of hydrogen-bond donors (Lipinski definition) is 2. The molecule has 0 saturated carbocycles. The second-order valence-electron chi connectivity index (χ2n) is 4.87. The molecule has 0 aliphatic carbocycles. The van der Waals surface area contributed by atoms with E-state index in [1.165, 1.54) is 0 Å². The predicted octanol–water partition coefficient (Wildman–Crippen LogP) is 4.62. The fourth-order valence-corrected chi connectivity index (χ4v) is 3.11. The molecule has 0 fully saturated rings. The topological polar surface area (TPSA) is 57.8 Å². The van der Waals surface area contributed by atoms with Crippen molar-refractivity contribution in [2.24, 2.45) is 0 Å². The summed E-state index contributed by atoms with van der Waals surface area (Å²) in [5.41, 5.74) is 3.06. The number of benzene rings is 1. The highest BCUT2D eigenvalue weighted by molar-refractivity contribution is 9.10. The van der Waals surface area contributed by atoms with Gasteiger partial charge in [0.05, 0.1) is 10.2 Å². The zero-order chi connectivity index (χ0) is 14.9. The van der Waals surface area contributed by atoms with Crippen molar-refractivity contribution >= 4 is 43.5 Å². The van der Waals surface area contributed by atoms with Gasteiger partial charge in [0.25, 0.3) is 5.91 Å². The minimum Gasteiger partial charge on any atom is -0.320 e. The molecule has 20 heavy (non-hydrogen) atoms. The number of halogens is 2. The van der Waals surface area contributed by atoms with Gasteiger partial charge in [0.15, 0.2) is 5.69 Å². The van der Waals surface area contributed by atoms with Crippen LogP contribution in [0.4, 0.5) is 5.69 Å². The lowest BCUT2D eigenvalue weighted by atomic mass is 10.1. The number of aryl methyl sites for hydroxylation is 1. The zero-order valence-corrected chi connectivity index (χ0v) is 14.6. The monoisotopic (exact) mass is 399 g/mol. The lowest BCUT2D eigenvalue weighted by Crippen LogP contribution is -2.14. The SMILES string of the molecule is Cc1cc(Br)ccc1NC(=O)c1n[nH]c(C(C)C)c1Br. The molecule has 6 heteroatoms. The Bertz CT molecular complexity index is 650. The Kier molecular flexibility index (Phi) is 4.65. The molecule has 0 unspecified atom stereocenters. The van der Waals surface area contributed by atoms with Gasteiger partial charge in [0.1, 0.15) is 0 Å². The van der Waals surface area contributed by atoms with Gasteiger partial charge in [0.2, 0.25) is 0 Å². The second-order valence-corrected chi connectivity index (χ2v) is 6.58. The fraction of sp³-hybridized carbons (Fsp3) is 0.286. The van der Waals surface area contributed by atoms with Crippen LogP contribution in [0.1, 0.15) is 41.5 Å². The first-order valence-electron chi connectivity index (χ1n) is 6.21. The van der Waals surface area contributed by atoms with E-state index < -0.39 is 0 Å². The number of nitrogens with zero attached hydrogens (tertiary/aromatic N) is 1. The molecule has 1 aromatic heterocycles. The van der Waals surface area contributed by atoms with E-state index >= 15 is 0 Å². The van der Waals surface area contributed by atoms with Gasteiger partial charge in [-0.05, 0) is 52.5 Å². The summed E-state index contributed by atoms with van der Waals surface area (Å²) in [6, 6.07) is 5.71. The molecule has 0 radical (unpaired) electrons. The molecular weight excluding hydrogens is 386 g/mol. The summed E-state index contributed by atoms with van der Waals surface area (Å²) < 4.78 is 1.70. The molecule has 1 heterocycles. The molecule has 2 N–H and O–H groups in total. The highest BCUT2D eigenvalue weighted by Crippen LogP contribution is 2.27. The van der Waals surface area contributed by atoms with Gasteiger partial charge >= 0.3 is 0 Å². The first kappa shape index (κ1) is 15.3. The lowest BCUT2D eigenvalue weighted by Gasteiger charge is -2.08. The maximum atomic E-state index is 12.3. The molecule has 0 saturated heterocycles. The Hall–Kier alpha value is -1.14. The summed E-state index contributed by atoms with van der Waals surface area (Å²) in [7, 11) is 0. The molecule has 2 rings (SSSR count). The second kappa shape index (κ2) is 6.10. The largest absolute Gasteiger partial charge is 0.320 e. The number of hydrogen-bond acceptors (Lipinski definition) is 2. The molecule has 0 atom stereocenters. The smallest absolute Gasteiger partial charge is 0.277 e. The van der Waals surface area contributed by atoms with E-state index in [-0.39, 0.29) is 11.8 Å². The normalized spacial score (nSPS) is 10.9. The quantitative estimate of drug-likeness (QED) is 0.789. The van der Waals surface area contributed by atoms with Crippen LogP contribution in [0.5, 0.6) is 0 Å². The van der Waals surface area contributed by atoms with E-state index in [1.807, 2.05) is 39.0 Å². The molecule has 2 aromatic rings. The van der Waals surface area contributed by atoms with Crippen LogP contribution in [0, 0.1) is 6.92 Å². The van der Waals surface area contributed by atoms with Crippen molar-refractivity contribution in [2.45, 2.75) is 26.7 Å². The Labute approximate surface area is 134 Å². The molecule has 1 aromatic carbocycles. The average Bonchev–Trinajstić information content (AvgIpc) is 2.74. The number of aromatic nitrogens is 2. The minimum absolute atomic E-state index is 0.231. The summed E-state index contributed by atoms with van der Waals surface area (Å²) in [5.74, 6) is 0.0401. The first-order valence-corrected chi connectivity index (χ1v) is 7.80. The predicted molar refractivity (Wildman–Crippen MR) is 87.2 cm³/mol. The number of H-pyrrole nitrogens is 1. The van der Waals surface area contributed by atoms with E-state index in [0.717, 1.165) is 25.9 Å². The summed E-state index contributed by atoms with van der Waals surface area (Å²) in [6.45, 7) is 6.02. The fourth-order valence-electron chi connectivity index (χ4n) is 1.82. The van der Waals surface area contributed by atoms with E-state index in [9.17, 15) is 4.79 Å². The van der Waals surface area contributed by atoms with Crippen LogP contribution in [-0.4, -0.2) is 16.1 Å². The van der Waals surface area contributed by atoms with Crippen molar-refractivity contribution < 1.29 is 4.79 Å². The lowest BCUT2D eigenvalue weighted by molar-refractivity contribution is 0.102. The maximum absolute atomic E-state index is 12.3. The van der Waals surface area contributed by atoms with Crippen molar-refractivity contribution in [3.63, 3.8) is 0 Å². The molecule has 0 spiro atoms. The minimum atomic E-state index is -0.231. The highest BCUT2D eigenvalue weighted by Gasteiger charge is 2.19. The average molecular weight is 401 g/mol. The van der Waals surface area contributed by atoms with Crippen LogP contribution in [0.2, 0.25) is 0 Å². The van der Waals surface area contributed by atoms with Crippen LogP contribution in [0.15, 0.2) is 27.1 Å². The Morgan fingerprint density at radius 3 is 2.60 bits per heavy atom. The van der Waals surface area contributed by atoms with Crippen LogP contribution < -0.4 is 5.32 Å². The maximum Gasteiger partial charge on any atom is 0.277 e. The van der Waals surface area contributed by atoms with Crippen molar-refractivity contribution in [3.05, 3.63) is 44.1 Å². The number of carbonyl (C=O) groups is 1. The molecule has 0 aliphatic rings. The Morgan fingerprint density at radius 2 is 2.05 bits per heavy atom. The zero-order valence-electron chi connectivity index (χ0n) is 11.4. The summed E-state index contributed by atoms with van der Waals surface area (Å²) >= 11 is 6.83. The summed E-state index contributed by atoms with van der Waals surface area (Å²) in [5, 5.41) is 9.86. The number of nitrogens with one attached hydrogen (secondary N) is 2. The van der Waals surface area contributed by atoms with Gasteiger partial charge in [-0.2, -0.15) is 5.10 Å². The van der Waals surface area contributed by atoms with E-state index in [4.69, 9.17) is 0 Å². The van der Waals surface area contributed by atoms with Crippen molar-refractivity contribution in [1.82, 2.24) is 10.2 Å². The number of aromatic amines is 1. The third kappa shape index (κ3) is 3.12. The molecule has 4 nitrogen and oxygen atoms in total. The van der Waals surface area contributed by atoms with Gasteiger partial charge in [-0.15, -0.1) is 0 Å². The molecule has 0 bridgehead atoms.